The number of thiazole rings is 1. The summed E-state index contributed by atoms with van der Waals surface area (Å²) < 4.78 is 0. The molecule has 2 amide bonds. The van der Waals surface area contributed by atoms with Crippen LogP contribution in [0.15, 0.2) is 5.38 Å². The average molecular weight is 415 g/mol. The molecule has 4 heterocycles. The first-order chi connectivity index (χ1) is 14.0. The van der Waals surface area contributed by atoms with Crippen LogP contribution in [0.25, 0.3) is 0 Å². The van der Waals surface area contributed by atoms with E-state index in [0.29, 0.717) is 31.8 Å². The first-order valence-corrected chi connectivity index (χ1v) is 10.9. The summed E-state index contributed by atoms with van der Waals surface area (Å²) in [7, 11) is 1.84. The Bertz CT molecular complexity index is 926. The van der Waals surface area contributed by atoms with E-state index in [4.69, 9.17) is 9.97 Å². The molecule has 8 nitrogen and oxygen atoms in total. The number of carbonyl (C=O) groups excluding carboxylic acids is 2. The number of aryl methyl sites for hydroxylation is 1. The lowest BCUT2D eigenvalue weighted by Gasteiger charge is -2.30. The zero-order valence-corrected chi connectivity index (χ0v) is 17.9. The molecule has 0 bridgehead atoms. The van der Waals surface area contributed by atoms with Crippen molar-refractivity contribution in [3.05, 3.63) is 33.2 Å². The normalized spacial score (nSPS) is 18.7. The maximum atomic E-state index is 12.8. The fraction of sp³-hybridized carbons (Fsp3) is 0.550. The number of rotatable bonds is 4. The van der Waals surface area contributed by atoms with Crippen LogP contribution in [0, 0.1) is 6.92 Å². The topological polar surface area (TPSA) is 91.3 Å². The zero-order chi connectivity index (χ0) is 20.5. The van der Waals surface area contributed by atoms with Crippen molar-refractivity contribution in [2.45, 2.75) is 52.1 Å². The van der Waals surface area contributed by atoms with Crippen LogP contribution in [0.2, 0.25) is 0 Å². The summed E-state index contributed by atoms with van der Waals surface area (Å²) in [6.07, 6.45) is 2.87. The molecular formula is C20H26N6O2S. The van der Waals surface area contributed by atoms with E-state index in [1.165, 1.54) is 0 Å². The highest BCUT2D eigenvalue weighted by Crippen LogP contribution is 2.33. The molecule has 0 radical (unpaired) electrons. The molecule has 2 aliphatic rings. The molecule has 0 saturated carbocycles. The molecule has 9 heteroatoms. The van der Waals surface area contributed by atoms with Gasteiger partial charge in [0, 0.05) is 44.4 Å². The molecule has 1 N–H and O–H groups in total. The smallest absolute Gasteiger partial charge is 0.228 e. The Hall–Kier alpha value is -2.55. The summed E-state index contributed by atoms with van der Waals surface area (Å²) in [4.78, 5) is 42.4. The number of nitrogens with one attached hydrogen (secondary N) is 1. The van der Waals surface area contributed by atoms with Gasteiger partial charge in [0.25, 0.3) is 0 Å². The molecule has 0 unspecified atom stereocenters. The third-order valence-corrected chi connectivity index (χ3v) is 6.44. The summed E-state index contributed by atoms with van der Waals surface area (Å²) in [5, 5.41) is 6.09. The fourth-order valence-electron chi connectivity index (χ4n) is 4.17. The average Bonchev–Trinajstić information content (AvgIpc) is 3.35. The van der Waals surface area contributed by atoms with Crippen molar-refractivity contribution >= 4 is 29.0 Å². The Kier molecular flexibility index (Phi) is 5.49. The minimum atomic E-state index is -0.0579. The molecule has 2 aliphatic heterocycles. The zero-order valence-electron chi connectivity index (χ0n) is 17.1. The van der Waals surface area contributed by atoms with E-state index >= 15 is 0 Å². The predicted molar refractivity (Wildman–Crippen MR) is 111 cm³/mol. The van der Waals surface area contributed by atoms with Crippen LogP contribution in [0.3, 0.4) is 0 Å². The number of carbonyl (C=O) groups is 2. The van der Waals surface area contributed by atoms with Crippen LogP contribution >= 0.6 is 11.3 Å². The van der Waals surface area contributed by atoms with Crippen LogP contribution in [0.5, 0.6) is 0 Å². The van der Waals surface area contributed by atoms with Crippen LogP contribution in [-0.4, -0.2) is 56.7 Å². The van der Waals surface area contributed by atoms with Gasteiger partial charge in [0.05, 0.1) is 35.4 Å². The largest absolute Gasteiger partial charge is 0.373 e. The van der Waals surface area contributed by atoms with Gasteiger partial charge in [0.1, 0.15) is 5.82 Å². The summed E-state index contributed by atoms with van der Waals surface area (Å²) in [6, 6.07) is -0.0579. The van der Waals surface area contributed by atoms with Crippen molar-refractivity contribution in [2.24, 2.45) is 0 Å². The third-order valence-electron chi connectivity index (χ3n) is 5.62. The first-order valence-electron chi connectivity index (χ1n) is 9.99. The van der Waals surface area contributed by atoms with E-state index in [1.54, 1.807) is 18.3 Å². The number of nitrogens with zero attached hydrogens (tertiary/aromatic N) is 5. The van der Waals surface area contributed by atoms with Crippen molar-refractivity contribution in [1.29, 1.82) is 0 Å². The Balaban J connectivity index is 1.55. The van der Waals surface area contributed by atoms with Gasteiger partial charge in [-0.25, -0.2) is 15.0 Å². The summed E-state index contributed by atoms with van der Waals surface area (Å²) in [5.74, 6) is 1.60. The number of fused-ring (bicyclic) bond motifs is 1. The molecule has 29 heavy (non-hydrogen) atoms. The molecule has 0 spiro atoms. The second kappa shape index (κ2) is 8.06. The molecule has 1 fully saturated rings. The van der Waals surface area contributed by atoms with Crippen molar-refractivity contribution < 1.29 is 9.59 Å². The minimum Gasteiger partial charge on any atom is -0.373 e. The Morgan fingerprint density at radius 2 is 2.10 bits per heavy atom. The number of amides is 2. The van der Waals surface area contributed by atoms with E-state index in [9.17, 15) is 9.59 Å². The predicted octanol–water partition coefficient (Wildman–Crippen LogP) is 2.09. The lowest BCUT2D eigenvalue weighted by atomic mass is 10.0. The minimum absolute atomic E-state index is 0.0579. The van der Waals surface area contributed by atoms with Gasteiger partial charge in [-0.3, -0.25) is 9.59 Å². The molecule has 4 rings (SSSR count). The van der Waals surface area contributed by atoms with Gasteiger partial charge in [-0.05, 0) is 19.8 Å². The van der Waals surface area contributed by atoms with Gasteiger partial charge in [-0.15, -0.1) is 11.3 Å². The van der Waals surface area contributed by atoms with Crippen LogP contribution in [0.1, 0.15) is 53.6 Å². The van der Waals surface area contributed by atoms with Crippen molar-refractivity contribution in [2.75, 3.05) is 25.5 Å². The Morgan fingerprint density at radius 1 is 1.28 bits per heavy atom. The summed E-state index contributed by atoms with van der Waals surface area (Å²) in [6.45, 7) is 5.43. The SMILES string of the molecule is CNc1nc([C@@H]2CCCN2C(C)=O)nc2c1CN(C(=O)Cc1csc(C)n1)CC2. The number of aromatic nitrogens is 3. The lowest BCUT2D eigenvalue weighted by Crippen LogP contribution is -2.38. The lowest BCUT2D eigenvalue weighted by molar-refractivity contribution is -0.131. The Labute approximate surface area is 174 Å². The Morgan fingerprint density at radius 3 is 2.79 bits per heavy atom. The number of anilines is 1. The molecule has 1 saturated heterocycles. The third kappa shape index (κ3) is 3.96. The number of hydrogen-bond donors (Lipinski definition) is 1. The molecular weight excluding hydrogens is 388 g/mol. The van der Waals surface area contributed by atoms with E-state index in [0.717, 1.165) is 47.2 Å². The van der Waals surface area contributed by atoms with Crippen LogP contribution < -0.4 is 5.32 Å². The fourth-order valence-corrected chi connectivity index (χ4v) is 4.78. The van der Waals surface area contributed by atoms with Gasteiger partial charge in [0.2, 0.25) is 11.8 Å². The standard InChI is InChI=1S/C20H26N6O2S/c1-12-22-14(11-29-12)9-18(28)25-8-6-16-15(10-25)19(21-3)24-20(23-16)17-5-4-7-26(17)13(2)27/h11,17H,4-10H2,1-3H3,(H,21,23,24)/t17-/m0/s1. The van der Waals surface area contributed by atoms with E-state index in [-0.39, 0.29) is 17.9 Å². The quantitative estimate of drug-likeness (QED) is 0.824. The highest BCUT2D eigenvalue weighted by atomic mass is 32.1. The van der Waals surface area contributed by atoms with Crippen LogP contribution in [-0.2, 0) is 29.0 Å². The second-order valence-electron chi connectivity index (χ2n) is 7.58. The summed E-state index contributed by atoms with van der Waals surface area (Å²) in [5.41, 5.74) is 2.77. The summed E-state index contributed by atoms with van der Waals surface area (Å²) >= 11 is 1.56. The van der Waals surface area contributed by atoms with Crippen LogP contribution in [0.4, 0.5) is 5.82 Å². The van der Waals surface area contributed by atoms with Gasteiger partial charge >= 0.3 is 0 Å². The molecule has 2 aromatic heterocycles. The maximum absolute atomic E-state index is 12.8. The monoisotopic (exact) mass is 414 g/mol. The van der Waals surface area contributed by atoms with E-state index < -0.39 is 0 Å². The molecule has 154 valence electrons. The van der Waals surface area contributed by atoms with E-state index in [1.807, 2.05) is 29.2 Å². The van der Waals surface area contributed by atoms with Gasteiger partial charge in [-0.1, -0.05) is 0 Å². The van der Waals surface area contributed by atoms with Gasteiger partial charge < -0.3 is 15.1 Å². The molecule has 0 aliphatic carbocycles. The van der Waals surface area contributed by atoms with Crippen molar-refractivity contribution in [3.63, 3.8) is 0 Å². The number of hydrogen-bond acceptors (Lipinski definition) is 7. The number of likely N-dealkylation sites (tertiary alicyclic amines) is 1. The van der Waals surface area contributed by atoms with E-state index in [2.05, 4.69) is 10.3 Å². The molecule has 2 aromatic rings. The van der Waals surface area contributed by atoms with Gasteiger partial charge in [0.15, 0.2) is 5.82 Å². The molecule has 0 aromatic carbocycles. The van der Waals surface area contributed by atoms with Gasteiger partial charge in [-0.2, -0.15) is 0 Å². The van der Waals surface area contributed by atoms with Crippen molar-refractivity contribution in [3.8, 4) is 0 Å². The highest BCUT2D eigenvalue weighted by molar-refractivity contribution is 7.09. The maximum Gasteiger partial charge on any atom is 0.228 e. The van der Waals surface area contributed by atoms with Crippen molar-refractivity contribution in [1.82, 2.24) is 24.8 Å². The first kappa shape index (κ1) is 19.8. The second-order valence-corrected chi connectivity index (χ2v) is 8.64. The molecule has 1 atom stereocenters. The highest BCUT2D eigenvalue weighted by Gasteiger charge is 2.32.